The molecular formula is C10H12FNO4. The first kappa shape index (κ1) is 12.4. The van der Waals surface area contributed by atoms with Gasteiger partial charge >= 0.3 is 5.69 Å². The lowest BCUT2D eigenvalue weighted by Gasteiger charge is -2.08. The maximum Gasteiger partial charge on any atom is 0.314 e. The summed E-state index contributed by atoms with van der Waals surface area (Å²) < 4.78 is 18.2. The maximum absolute atomic E-state index is 13.2. The summed E-state index contributed by atoms with van der Waals surface area (Å²) in [6.45, 7) is 1.58. The number of hydrogen-bond acceptors (Lipinski definition) is 4. The highest BCUT2D eigenvalue weighted by molar-refractivity contribution is 5.46. The maximum atomic E-state index is 13.2. The van der Waals surface area contributed by atoms with Crippen molar-refractivity contribution < 1.29 is 19.2 Å². The van der Waals surface area contributed by atoms with Crippen LogP contribution < -0.4 is 4.74 Å². The number of aliphatic hydroxyl groups is 1. The largest absolute Gasteiger partial charge is 0.485 e. The standard InChI is InChI=1S/C10H12FNO4/c1-7(13)5-6-16-10-8(11)3-2-4-9(10)12(14)15/h2-4,7,13H,5-6H2,1H3. The zero-order chi connectivity index (χ0) is 12.1. The van der Waals surface area contributed by atoms with Gasteiger partial charge in [-0.25, -0.2) is 4.39 Å². The lowest BCUT2D eigenvalue weighted by atomic mass is 10.2. The van der Waals surface area contributed by atoms with Gasteiger partial charge in [-0.3, -0.25) is 10.1 Å². The summed E-state index contributed by atoms with van der Waals surface area (Å²) in [5, 5.41) is 19.6. The molecule has 0 aliphatic heterocycles. The molecule has 0 saturated carbocycles. The van der Waals surface area contributed by atoms with Crippen molar-refractivity contribution in [2.24, 2.45) is 0 Å². The summed E-state index contributed by atoms with van der Waals surface area (Å²) in [5.74, 6) is -1.16. The number of nitro groups is 1. The van der Waals surface area contributed by atoms with Crippen molar-refractivity contribution in [2.75, 3.05) is 6.61 Å². The second kappa shape index (κ2) is 5.41. The molecule has 0 aliphatic rings. The molecular weight excluding hydrogens is 217 g/mol. The number of halogens is 1. The van der Waals surface area contributed by atoms with E-state index in [0.29, 0.717) is 0 Å². The number of rotatable bonds is 5. The molecule has 0 aliphatic carbocycles. The first-order valence-corrected chi connectivity index (χ1v) is 4.76. The van der Waals surface area contributed by atoms with Crippen LogP contribution in [0.2, 0.25) is 0 Å². The predicted molar refractivity (Wildman–Crippen MR) is 54.8 cm³/mol. The Bertz CT molecular complexity index is 381. The molecule has 1 atom stereocenters. The van der Waals surface area contributed by atoms with Gasteiger partial charge in [-0.15, -0.1) is 0 Å². The normalized spacial score (nSPS) is 12.2. The molecule has 1 aromatic carbocycles. The molecule has 1 N–H and O–H groups in total. The van der Waals surface area contributed by atoms with Crippen LogP contribution in [0.25, 0.3) is 0 Å². The monoisotopic (exact) mass is 229 g/mol. The van der Waals surface area contributed by atoms with Crippen molar-refractivity contribution in [3.63, 3.8) is 0 Å². The van der Waals surface area contributed by atoms with Crippen molar-refractivity contribution in [3.05, 3.63) is 34.1 Å². The number of aliphatic hydroxyl groups excluding tert-OH is 1. The van der Waals surface area contributed by atoms with Crippen LogP contribution >= 0.6 is 0 Å². The molecule has 0 aromatic heterocycles. The molecule has 0 amide bonds. The first-order valence-electron chi connectivity index (χ1n) is 4.76. The topological polar surface area (TPSA) is 72.6 Å². The third-order valence-electron chi connectivity index (χ3n) is 1.92. The lowest BCUT2D eigenvalue weighted by molar-refractivity contribution is -0.386. The van der Waals surface area contributed by atoms with Gasteiger partial charge in [0.1, 0.15) is 0 Å². The molecule has 0 heterocycles. The van der Waals surface area contributed by atoms with Crippen molar-refractivity contribution >= 4 is 5.69 Å². The van der Waals surface area contributed by atoms with Crippen LogP contribution in [0.5, 0.6) is 5.75 Å². The summed E-state index contributed by atoms with van der Waals surface area (Å²) >= 11 is 0. The number of para-hydroxylation sites is 1. The molecule has 1 unspecified atom stereocenters. The van der Waals surface area contributed by atoms with E-state index in [9.17, 15) is 14.5 Å². The fraction of sp³-hybridized carbons (Fsp3) is 0.400. The average molecular weight is 229 g/mol. The van der Waals surface area contributed by atoms with Gasteiger partial charge in [-0.05, 0) is 13.0 Å². The molecule has 0 fully saturated rings. The summed E-state index contributed by atoms with van der Waals surface area (Å²) in [4.78, 5) is 9.87. The Morgan fingerprint density at radius 3 is 2.88 bits per heavy atom. The summed E-state index contributed by atoms with van der Waals surface area (Å²) in [6.07, 6.45) is -0.309. The van der Waals surface area contributed by atoms with Crippen molar-refractivity contribution in [1.82, 2.24) is 0 Å². The molecule has 0 bridgehead atoms. The van der Waals surface area contributed by atoms with Gasteiger partial charge in [-0.2, -0.15) is 0 Å². The number of hydrogen-bond donors (Lipinski definition) is 1. The van der Waals surface area contributed by atoms with Crippen LogP contribution in [0.4, 0.5) is 10.1 Å². The Morgan fingerprint density at radius 1 is 1.62 bits per heavy atom. The fourth-order valence-electron chi connectivity index (χ4n) is 1.12. The molecule has 0 saturated heterocycles. The van der Waals surface area contributed by atoms with Gasteiger partial charge in [0.05, 0.1) is 17.6 Å². The quantitative estimate of drug-likeness (QED) is 0.618. The molecule has 6 heteroatoms. The van der Waals surface area contributed by atoms with Gasteiger partial charge in [0.2, 0.25) is 5.75 Å². The Hall–Kier alpha value is -1.69. The highest BCUT2D eigenvalue weighted by Crippen LogP contribution is 2.29. The van der Waals surface area contributed by atoms with Crippen LogP contribution in [-0.2, 0) is 0 Å². The van der Waals surface area contributed by atoms with Gasteiger partial charge < -0.3 is 9.84 Å². The SMILES string of the molecule is CC(O)CCOc1c(F)cccc1[N+](=O)[O-]. The van der Waals surface area contributed by atoms with E-state index in [1.54, 1.807) is 6.92 Å². The van der Waals surface area contributed by atoms with E-state index in [1.165, 1.54) is 12.1 Å². The molecule has 5 nitrogen and oxygen atoms in total. The van der Waals surface area contributed by atoms with E-state index in [4.69, 9.17) is 9.84 Å². The van der Waals surface area contributed by atoms with Gasteiger partial charge in [-0.1, -0.05) is 6.07 Å². The third-order valence-corrected chi connectivity index (χ3v) is 1.92. The number of nitrogens with zero attached hydrogens (tertiary/aromatic N) is 1. The van der Waals surface area contributed by atoms with Gasteiger partial charge in [0, 0.05) is 12.5 Å². The highest BCUT2D eigenvalue weighted by atomic mass is 19.1. The number of ether oxygens (including phenoxy) is 1. The van der Waals surface area contributed by atoms with E-state index < -0.39 is 22.5 Å². The molecule has 16 heavy (non-hydrogen) atoms. The molecule has 0 radical (unpaired) electrons. The molecule has 1 rings (SSSR count). The first-order chi connectivity index (χ1) is 7.52. The second-order valence-electron chi connectivity index (χ2n) is 3.33. The van der Waals surface area contributed by atoms with Crippen molar-refractivity contribution in [1.29, 1.82) is 0 Å². The average Bonchev–Trinajstić information content (AvgIpc) is 2.19. The van der Waals surface area contributed by atoms with E-state index in [1.807, 2.05) is 0 Å². The van der Waals surface area contributed by atoms with E-state index in [0.717, 1.165) is 6.07 Å². The van der Waals surface area contributed by atoms with Crippen LogP contribution in [0.15, 0.2) is 18.2 Å². The Balaban J connectivity index is 2.80. The second-order valence-corrected chi connectivity index (χ2v) is 3.33. The van der Waals surface area contributed by atoms with Crippen LogP contribution in [0.1, 0.15) is 13.3 Å². The Kier molecular flexibility index (Phi) is 4.19. The summed E-state index contributed by atoms with van der Waals surface area (Å²) in [6, 6.07) is 3.50. The van der Waals surface area contributed by atoms with Gasteiger partial charge in [0.25, 0.3) is 0 Å². The van der Waals surface area contributed by atoms with Crippen LogP contribution in [0, 0.1) is 15.9 Å². The summed E-state index contributed by atoms with van der Waals surface area (Å²) in [7, 11) is 0. The van der Waals surface area contributed by atoms with Crippen LogP contribution in [-0.4, -0.2) is 22.7 Å². The number of nitro benzene ring substituents is 1. The lowest BCUT2D eigenvalue weighted by Crippen LogP contribution is -2.09. The number of benzene rings is 1. The minimum absolute atomic E-state index is 0.0272. The van der Waals surface area contributed by atoms with E-state index in [2.05, 4.69) is 0 Å². The minimum Gasteiger partial charge on any atom is -0.485 e. The molecule has 0 spiro atoms. The minimum atomic E-state index is -0.778. The highest BCUT2D eigenvalue weighted by Gasteiger charge is 2.19. The predicted octanol–water partition coefficient (Wildman–Crippen LogP) is 1.88. The summed E-state index contributed by atoms with van der Waals surface area (Å²) in [5.41, 5.74) is -0.411. The zero-order valence-electron chi connectivity index (χ0n) is 8.72. The zero-order valence-corrected chi connectivity index (χ0v) is 8.72. The van der Waals surface area contributed by atoms with E-state index >= 15 is 0 Å². The van der Waals surface area contributed by atoms with Gasteiger partial charge in [0.15, 0.2) is 5.82 Å². The van der Waals surface area contributed by atoms with Crippen LogP contribution in [0.3, 0.4) is 0 Å². The Morgan fingerprint density at radius 2 is 2.31 bits per heavy atom. The smallest absolute Gasteiger partial charge is 0.314 e. The van der Waals surface area contributed by atoms with Crippen molar-refractivity contribution in [3.8, 4) is 5.75 Å². The fourth-order valence-corrected chi connectivity index (χ4v) is 1.12. The van der Waals surface area contributed by atoms with Crippen molar-refractivity contribution in [2.45, 2.75) is 19.4 Å². The Labute approximate surface area is 91.6 Å². The molecule has 1 aromatic rings. The third kappa shape index (κ3) is 3.16. The molecule has 88 valence electrons. The van der Waals surface area contributed by atoms with E-state index in [-0.39, 0.29) is 18.8 Å².